The summed E-state index contributed by atoms with van der Waals surface area (Å²) in [4.78, 5) is 19.4. The summed E-state index contributed by atoms with van der Waals surface area (Å²) < 4.78 is 7.57. The standard InChI is InChI=1S/C26H28N4O2.ClH/c1-32-18-22-17-30(23-6-3-2-4-7-23)26(31)25(22)9-5-8-24-15-28-19-29(24)16-21-12-10-20(14-27)11-13-21;/h2-4,6-7,10-13,15,19,22,25H,5,8-9,16-18H2,1H3;1H/t22-,25-;/m0./s1. The third-order valence-electron chi connectivity index (χ3n) is 6.20. The van der Waals surface area contributed by atoms with Crippen molar-refractivity contribution in [2.45, 2.75) is 25.8 Å². The van der Waals surface area contributed by atoms with Crippen LogP contribution < -0.4 is 4.90 Å². The summed E-state index contributed by atoms with van der Waals surface area (Å²) in [6, 6.07) is 19.7. The van der Waals surface area contributed by atoms with Crippen molar-refractivity contribution in [3.8, 4) is 6.07 Å². The molecule has 7 heteroatoms. The molecule has 0 radical (unpaired) electrons. The van der Waals surface area contributed by atoms with Gasteiger partial charge in [0, 0.05) is 49.6 Å². The molecule has 33 heavy (non-hydrogen) atoms. The summed E-state index contributed by atoms with van der Waals surface area (Å²) in [7, 11) is 1.70. The number of imidazole rings is 1. The van der Waals surface area contributed by atoms with E-state index in [1.807, 2.05) is 72.0 Å². The molecule has 0 bridgehead atoms. The highest BCUT2D eigenvalue weighted by atomic mass is 35.5. The maximum atomic E-state index is 13.2. The predicted molar refractivity (Wildman–Crippen MR) is 130 cm³/mol. The number of nitriles is 1. The van der Waals surface area contributed by atoms with Gasteiger partial charge in [-0.15, -0.1) is 12.4 Å². The first-order valence-electron chi connectivity index (χ1n) is 11.0. The molecule has 0 N–H and O–H groups in total. The fourth-order valence-electron chi connectivity index (χ4n) is 4.52. The molecule has 172 valence electrons. The Bertz CT molecular complexity index is 1080. The molecule has 1 fully saturated rings. The summed E-state index contributed by atoms with van der Waals surface area (Å²) >= 11 is 0. The molecule has 3 aromatic rings. The van der Waals surface area contributed by atoms with Crippen LogP contribution >= 0.6 is 12.4 Å². The monoisotopic (exact) mass is 464 g/mol. The third kappa shape index (κ3) is 5.81. The molecule has 1 aliphatic heterocycles. The Morgan fingerprint density at radius 1 is 1.15 bits per heavy atom. The van der Waals surface area contributed by atoms with Crippen molar-refractivity contribution in [3.05, 3.63) is 83.9 Å². The van der Waals surface area contributed by atoms with E-state index in [1.54, 1.807) is 7.11 Å². The van der Waals surface area contributed by atoms with E-state index in [0.29, 0.717) is 18.7 Å². The zero-order valence-corrected chi connectivity index (χ0v) is 19.6. The lowest BCUT2D eigenvalue weighted by atomic mass is 9.91. The Hall–Kier alpha value is -3.14. The van der Waals surface area contributed by atoms with E-state index in [9.17, 15) is 4.79 Å². The molecule has 0 spiro atoms. The number of rotatable bonds is 9. The van der Waals surface area contributed by atoms with Crippen LogP contribution in [0.2, 0.25) is 0 Å². The van der Waals surface area contributed by atoms with Crippen LogP contribution in [0.15, 0.2) is 67.1 Å². The maximum Gasteiger partial charge on any atom is 0.230 e. The van der Waals surface area contributed by atoms with Gasteiger partial charge in [0.15, 0.2) is 0 Å². The highest BCUT2D eigenvalue weighted by Gasteiger charge is 2.40. The largest absolute Gasteiger partial charge is 0.384 e. The fourth-order valence-corrected chi connectivity index (χ4v) is 4.52. The van der Waals surface area contributed by atoms with Gasteiger partial charge in [0.05, 0.1) is 24.6 Å². The summed E-state index contributed by atoms with van der Waals surface area (Å²) in [6.45, 7) is 2.02. The van der Waals surface area contributed by atoms with Crippen LogP contribution in [-0.4, -0.2) is 35.7 Å². The van der Waals surface area contributed by atoms with E-state index >= 15 is 0 Å². The van der Waals surface area contributed by atoms with Crippen molar-refractivity contribution in [2.75, 3.05) is 25.2 Å². The van der Waals surface area contributed by atoms with Gasteiger partial charge in [-0.25, -0.2) is 4.98 Å². The Kier molecular flexibility index (Phi) is 8.65. The molecule has 4 rings (SSSR count). The minimum atomic E-state index is -0.0231. The van der Waals surface area contributed by atoms with Gasteiger partial charge in [-0.1, -0.05) is 30.3 Å². The van der Waals surface area contributed by atoms with Gasteiger partial charge in [0.25, 0.3) is 0 Å². The number of amides is 1. The van der Waals surface area contributed by atoms with Gasteiger partial charge in [0.1, 0.15) is 0 Å². The number of carbonyl (C=O) groups is 1. The third-order valence-corrected chi connectivity index (χ3v) is 6.20. The highest BCUT2D eigenvalue weighted by Crippen LogP contribution is 2.33. The zero-order valence-electron chi connectivity index (χ0n) is 18.8. The molecule has 6 nitrogen and oxygen atoms in total. The number of nitrogens with zero attached hydrogens (tertiary/aromatic N) is 4. The number of aromatic nitrogens is 2. The quantitative estimate of drug-likeness (QED) is 0.468. The Morgan fingerprint density at radius 3 is 2.61 bits per heavy atom. The molecule has 1 amide bonds. The van der Waals surface area contributed by atoms with Crippen LogP contribution in [0, 0.1) is 23.2 Å². The van der Waals surface area contributed by atoms with E-state index < -0.39 is 0 Å². The van der Waals surface area contributed by atoms with Crippen LogP contribution in [0.1, 0.15) is 29.7 Å². The number of para-hydroxylation sites is 1. The van der Waals surface area contributed by atoms with Gasteiger partial charge >= 0.3 is 0 Å². The minimum absolute atomic E-state index is 0. The number of carbonyl (C=O) groups excluding carboxylic acids is 1. The Labute approximate surface area is 201 Å². The van der Waals surface area contributed by atoms with Crippen molar-refractivity contribution >= 4 is 24.0 Å². The summed E-state index contributed by atoms with van der Waals surface area (Å²) in [5, 5.41) is 8.97. The Morgan fingerprint density at radius 2 is 1.91 bits per heavy atom. The zero-order chi connectivity index (χ0) is 22.3. The number of methoxy groups -OCH3 is 1. The topological polar surface area (TPSA) is 71.2 Å². The van der Waals surface area contributed by atoms with Crippen LogP contribution in [0.25, 0.3) is 0 Å². The lowest BCUT2D eigenvalue weighted by Gasteiger charge is -2.16. The van der Waals surface area contributed by atoms with Gasteiger partial charge in [-0.2, -0.15) is 5.26 Å². The second-order valence-electron chi connectivity index (χ2n) is 8.32. The average molecular weight is 465 g/mol. The number of aryl methyl sites for hydroxylation is 1. The normalized spacial score (nSPS) is 17.6. The van der Waals surface area contributed by atoms with E-state index in [0.717, 1.165) is 42.8 Å². The highest BCUT2D eigenvalue weighted by molar-refractivity contribution is 5.97. The first-order chi connectivity index (χ1) is 15.7. The fraction of sp³-hybridized carbons (Fsp3) is 0.346. The average Bonchev–Trinajstić information content (AvgIpc) is 3.39. The first-order valence-corrected chi connectivity index (χ1v) is 11.0. The van der Waals surface area contributed by atoms with E-state index in [-0.39, 0.29) is 30.2 Å². The van der Waals surface area contributed by atoms with Crippen LogP contribution in [0.5, 0.6) is 0 Å². The molecular formula is C26H29ClN4O2. The van der Waals surface area contributed by atoms with E-state index in [1.165, 1.54) is 0 Å². The lowest BCUT2D eigenvalue weighted by Crippen LogP contribution is -2.26. The van der Waals surface area contributed by atoms with Gasteiger partial charge in [-0.3, -0.25) is 4.79 Å². The second kappa shape index (κ2) is 11.6. The molecule has 0 unspecified atom stereocenters. The number of halogens is 1. The van der Waals surface area contributed by atoms with Gasteiger partial charge < -0.3 is 14.2 Å². The molecule has 1 saturated heterocycles. The molecule has 1 aliphatic rings. The second-order valence-corrected chi connectivity index (χ2v) is 8.32. The molecule has 1 aromatic heterocycles. The van der Waals surface area contributed by atoms with Crippen molar-refractivity contribution in [1.82, 2.24) is 9.55 Å². The molecule has 0 aliphatic carbocycles. The van der Waals surface area contributed by atoms with Gasteiger partial charge in [-0.05, 0) is 49.1 Å². The molecular weight excluding hydrogens is 436 g/mol. The van der Waals surface area contributed by atoms with Crippen LogP contribution in [0.3, 0.4) is 0 Å². The van der Waals surface area contributed by atoms with Crippen LogP contribution in [-0.2, 0) is 22.5 Å². The molecule has 2 atom stereocenters. The summed E-state index contributed by atoms with van der Waals surface area (Å²) in [6.07, 6.45) is 6.36. The molecule has 2 heterocycles. The SMILES string of the molecule is COC[C@@H]1CN(c2ccccc2)C(=O)[C@H]1CCCc1cncn1Cc1ccc(C#N)cc1.Cl. The van der Waals surface area contributed by atoms with Crippen molar-refractivity contribution in [1.29, 1.82) is 5.26 Å². The number of ether oxygens (including phenoxy) is 1. The molecule has 0 saturated carbocycles. The van der Waals surface area contributed by atoms with Crippen molar-refractivity contribution < 1.29 is 9.53 Å². The summed E-state index contributed by atoms with van der Waals surface area (Å²) in [5.74, 6) is 0.380. The first kappa shape index (κ1) is 24.5. The number of benzene rings is 2. The lowest BCUT2D eigenvalue weighted by molar-refractivity contribution is -0.121. The minimum Gasteiger partial charge on any atom is -0.384 e. The van der Waals surface area contributed by atoms with E-state index in [4.69, 9.17) is 10.00 Å². The predicted octanol–water partition coefficient (Wildman–Crippen LogP) is 4.47. The van der Waals surface area contributed by atoms with Gasteiger partial charge in [0.2, 0.25) is 5.91 Å². The Balaban J connectivity index is 0.00000306. The summed E-state index contributed by atoms with van der Waals surface area (Å²) in [5.41, 5.74) is 3.91. The smallest absolute Gasteiger partial charge is 0.230 e. The molecule has 2 aromatic carbocycles. The number of hydrogen-bond acceptors (Lipinski definition) is 4. The maximum absolute atomic E-state index is 13.2. The number of hydrogen-bond donors (Lipinski definition) is 0. The van der Waals surface area contributed by atoms with Crippen LogP contribution in [0.4, 0.5) is 5.69 Å². The van der Waals surface area contributed by atoms with Crippen molar-refractivity contribution in [3.63, 3.8) is 0 Å². The van der Waals surface area contributed by atoms with Crippen molar-refractivity contribution in [2.24, 2.45) is 11.8 Å². The van der Waals surface area contributed by atoms with E-state index in [2.05, 4.69) is 15.6 Å². The number of anilines is 1.